The van der Waals surface area contributed by atoms with Gasteiger partial charge in [-0.2, -0.15) is 0 Å². The van der Waals surface area contributed by atoms with Crippen molar-refractivity contribution in [1.29, 1.82) is 0 Å². The molecule has 2 aliphatic rings. The van der Waals surface area contributed by atoms with Crippen LogP contribution in [0.4, 0.5) is 0 Å². The van der Waals surface area contributed by atoms with E-state index in [9.17, 15) is 0 Å². The van der Waals surface area contributed by atoms with Crippen LogP contribution in [0.25, 0.3) is 6.08 Å². The Morgan fingerprint density at radius 2 is 1.59 bits per heavy atom. The minimum absolute atomic E-state index is 0.269. The first-order valence-corrected chi connectivity index (χ1v) is 8.52. The molecule has 0 radical (unpaired) electrons. The van der Waals surface area contributed by atoms with Gasteiger partial charge in [0, 0.05) is 0 Å². The number of hydrogen-bond acceptors (Lipinski definition) is 2. The van der Waals surface area contributed by atoms with Crippen molar-refractivity contribution in [2.24, 2.45) is 0 Å². The lowest BCUT2D eigenvalue weighted by Crippen LogP contribution is -2.41. The Hall–Kier alpha value is -1.06. The van der Waals surface area contributed by atoms with Crippen LogP contribution in [-0.4, -0.2) is 18.3 Å². The molecule has 0 atom stereocenters. The Bertz CT molecular complexity index is 551. The van der Waals surface area contributed by atoms with Gasteiger partial charge in [0.05, 0.1) is 11.2 Å². The predicted molar refractivity (Wildman–Crippen MR) is 93.2 cm³/mol. The molecule has 2 fully saturated rings. The summed E-state index contributed by atoms with van der Waals surface area (Å²) in [5.74, 6) is 0. The Labute approximate surface area is 135 Å². The maximum Gasteiger partial charge on any atom is 0.494 e. The van der Waals surface area contributed by atoms with Crippen molar-refractivity contribution in [2.45, 2.75) is 71.0 Å². The second-order valence-corrected chi connectivity index (χ2v) is 7.62. The van der Waals surface area contributed by atoms with Crippen LogP contribution >= 0.6 is 0 Å². The minimum atomic E-state index is -0.282. The van der Waals surface area contributed by atoms with Crippen LogP contribution in [0.3, 0.4) is 0 Å². The van der Waals surface area contributed by atoms with Crippen LogP contribution in [0, 0.1) is 0 Å². The lowest BCUT2D eigenvalue weighted by molar-refractivity contribution is 0.00578. The highest BCUT2D eigenvalue weighted by Gasteiger charge is 2.51. The molecule has 2 nitrogen and oxygen atoms in total. The Balaban J connectivity index is 1.80. The first-order chi connectivity index (χ1) is 10.4. The van der Waals surface area contributed by atoms with Crippen LogP contribution in [-0.2, 0) is 9.31 Å². The highest BCUT2D eigenvalue weighted by atomic mass is 16.7. The van der Waals surface area contributed by atoms with Gasteiger partial charge in [-0.3, -0.25) is 0 Å². The quantitative estimate of drug-likeness (QED) is 0.756. The van der Waals surface area contributed by atoms with Crippen LogP contribution in [0.15, 0.2) is 29.8 Å². The summed E-state index contributed by atoms with van der Waals surface area (Å²) >= 11 is 0. The number of rotatable bonds is 2. The summed E-state index contributed by atoms with van der Waals surface area (Å²) in [4.78, 5) is 0. The van der Waals surface area contributed by atoms with Gasteiger partial charge in [-0.25, -0.2) is 0 Å². The van der Waals surface area contributed by atoms with E-state index in [2.05, 4.69) is 58.0 Å². The fraction of sp³-hybridized carbons (Fsp3) is 0.579. The lowest BCUT2D eigenvalue weighted by atomic mass is 9.78. The number of benzene rings is 1. The summed E-state index contributed by atoms with van der Waals surface area (Å²) in [5.41, 5.74) is 3.40. The summed E-state index contributed by atoms with van der Waals surface area (Å²) in [6, 6.07) is 8.60. The number of hydrogen-bond donors (Lipinski definition) is 0. The van der Waals surface area contributed by atoms with Gasteiger partial charge >= 0.3 is 7.12 Å². The van der Waals surface area contributed by atoms with E-state index in [0.29, 0.717) is 0 Å². The van der Waals surface area contributed by atoms with Crippen molar-refractivity contribution in [3.63, 3.8) is 0 Å². The third-order valence-corrected chi connectivity index (χ3v) is 5.30. The average molecular weight is 298 g/mol. The molecule has 1 aliphatic carbocycles. The van der Waals surface area contributed by atoms with Crippen molar-refractivity contribution in [3.8, 4) is 0 Å². The van der Waals surface area contributed by atoms with Gasteiger partial charge in [0.1, 0.15) is 0 Å². The predicted octanol–water partition coefficient (Wildman–Crippen LogP) is 4.33. The van der Waals surface area contributed by atoms with E-state index in [1.807, 2.05) is 0 Å². The van der Waals surface area contributed by atoms with E-state index in [4.69, 9.17) is 9.31 Å². The highest BCUT2D eigenvalue weighted by molar-refractivity contribution is 6.62. The fourth-order valence-corrected chi connectivity index (χ4v) is 3.16. The highest BCUT2D eigenvalue weighted by Crippen LogP contribution is 2.36. The van der Waals surface area contributed by atoms with Gasteiger partial charge in [0.15, 0.2) is 0 Å². The topological polar surface area (TPSA) is 18.5 Å². The van der Waals surface area contributed by atoms with Crippen molar-refractivity contribution in [1.82, 2.24) is 0 Å². The van der Waals surface area contributed by atoms with E-state index in [1.165, 1.54) is 37.7 Å². The summed E-state index contributed by atoms with van der Waals surface area (Å²) in [6.07, 6.45) is 8.91. The minimum Gasteiger partial charge on any atom is -0.399 e. The van der Waals surface area contributed by atoms with Crippen molar-refractivity contribution in [3.05, 3.63) is 35.4 Å². The summed E-state index contributed by atoms with van der Waals surface area (Å²) in [5, 5.41) is 0. The van der Waals surface area contributed by atoms with Gasteiger partial charge in [-0.15, -0.1) is 0 Å². The third-order valence-electron chi connectivity index (χ3n) is 5.30. The second kappa shape index (κ2) is 5.86. The Morgan fingerprint density at radius 1 is 0.955 bits per heavy atom. The molecule has 3 heteroatoms. The van der Waals surface area contributed by atoms with E-state index in [-0.39, 0.29) is 18.3 Å². The van der Waals surface area contributed by atoms with Gasteiger partial charge in [0.25, 0.3) is 0 Å². The standard InChI is InChI=1S/C19H27BO2/c1-18(2)19(3,4)22-20(21-18)17-12-8-11-16(14-17)13-15-9-6-5-7-10-15/h8,11-14H,5-7,9-10H2,1-4H3. The van der Waals surface area contributed by atoms with Crippen LogP contribution in [0.1, 0.15) is 65.4 Å². The van der Waals surface area contributed by atoms with E-state index >= 15 is 0 Å². The van der Waals surface area contributed by atoms with Crippen LogP contribution in [0.5, 0.6) is 0 Å². The van der Waals surface area contributed by atoms with E-state index < -0.39 is 0 Å². The third kappa shape index (κ3) is 3.16. The van der Waals surface area contributed by atoms with Crippen molar-refractivity contribution >= 4 is 18.7 Å². The van der Waals surface area contributed by atoms with Gasteiger partial charge < -0.3 is 9.31 Å². The normalized spacial score (nSPS) is 23.6. The zero-order valence-electron chi connectivity index (χ0n) is 14.3. The Morgan fingerprint density at radius 3 is 2.23 bits per heavy atom. The monoisotopic (exact) mass is 298 g/mol. The van der Waals surface area contributed by atoms with Crippen LogP contribution < -0.4 is 5.46 Å². The fourth-order valence-electron chi connectivity index (χ4n) is 3.16. The molecule has 1 saturated heterocycles. The molecule has 1 aromatic rings. The SMILES string of the molecule is CC1(C)OB(c2cccc(C=C3CCCCC3)c2)OC1(C)C. The molecule has 0 bridgehead atoms. The van der Waals surface area contributed by atoms with E-state index in [1.54, 1.807) is 5.57 Å². The lowest BCUT2D eigenvalue weighted by Gasteiger charge is -2.32. The first kappa shape index (κ1) is 15.8. The molecule has 0 aromatic heterocycles. The summed E-state index contributed by atoms with van der Waals surface area (Å²) in [6.45, 7) is 8.39. The molecule has 118 valence electrons. The van der Waals surface area contributed by atoms with Crippen molar-refractivity contribution < 1.29 is 9.31 Å². The first-order valence-electron chi connectivity index (χ1n) is 8.52. The molecule has 22 heavy (non-hydrogen) atoms. The smallest absolute Gasteiger partial charge is 0.399 e. The molecule has 0 unspecified atom stereocenters. The molecule has 1 saturated carbocycles. The van der Waals surface area contributed by atoms with Gasteiger partial charge in [0.2, 0.25) is 0 Å². The van der Waals surface area contributed by atoms with E-state index in [0.717, 1.165) is 5.46 Å². The summed E-state index contributed by atoms with van der Waals surface area (Å²) in [7, 11) is -0.269. The molecule has 1 aliphatic heterocycles. The second-order valence-electron chi connectivity index (χ2n) is 7.62. The summed E-state index contributed by atoms with van der Waals surface area (Å²) < 4.78 is 12.3. The molecule has 0 amide bonds. The Kier molecular flexibility index (Phi) is 4.22. The molecule has 1 aromatic carbocycles. The number of allylic oxidation sites excluding steroid dienone is 1. The molecule has 0 spiro atoms. The van der Waals surface area contributed by atoms with Gasteiger partial charge in [-0.1, -0.05) is 42.3 Å². The molecular formula is C19H27BO2. The van der Waals surface area contributed by atoms with Gasteiger partial charge in [-0.05, 0) is 64.4 Å². The van der Waals surface area contributed by atoms with Crippen LogP contribution in [0.2, 0.25) is 0 Å². The van der Waals surface area contributed by atoms with Crippen molar-refractivity contribution in [2.75, 3.05) is 0 Å². The molecule has 3 rings (SSSR count). The maximum atomic E-state index is 6.15. The molecular weight excluding hydrogens is 271 g/mol. The zero-order chi connectivity index (χ0) is 15.8. The largest absolute Gasteiger partial charge is 0.494 e. The average Bonchev–Trinajstić information content (AvgIpc) is 2.69. The maximum absolute atomic E-state index is 6.15. The molecule has 0 N–H and O–H groups in total. The zero-order valence-corrected chi connectivity index (χ0v) is 14.3. The molecule has 1 heterocycles.